The first kappa shape index (κ1) is 17.5. The van der Waals surface area contributed by atoms with Crippen molar-refractivity contribution in [1.29, 1.82) is 5.26 Å². The van der Waals surface area contributed by atoms with Crippen molar-refractivity contribution in [3.8, 4) is 6.07 Å². The Morgan fingerprint density at radius 3 is 3.00 bits per heavy atom. The largest absolute Gasteiger partial charge is 0.386 e. The monoisotopic (exact) mass is 373 g/mol. The molecule has 1 amide bonds. The number of nitrogens with zero attached hydrogens (tertiary/aromatic N) is 2. The van der Waals surface area contributed by atoms with E-state index in [0.717, 1.165) is 31.2 Å². The molecule has 1 N–H and O–H groups in total. The van der Waals surface area contributed by atoms with Gasteiger partial charge in [-0.15, -0.1) is 11.3 Å². The number of benzene rings is 1. The number of oxime groups is 1. The molecule has 2 aromatic rings. The van der Waals surface area contributed by atoms with Crippen LogP contribution in [0.4, 0.5) is 5.00 Å². The summed E-state index contributed by atoms with van der Waals surface area (Å²) in [7, 11) is 0. The fourth-order valence-corrected chi connectivity index (χ4v) is 4.15. The predicted octanol–water partition coefficient (Wildman–Crippen LogP) is 4.14. The number of thiophene rings is 1. The first-order valence-corrected chi connectivity index (χ1v) is 9.13. The van der Waals surface area contributed by atoms with E-state index in [9.17, 15) is 10.1 Å². The van der Waals surface area contributed by atoms with Crippen LogP contribution < -0.4 is 5.32 Å². The van der Waals surface area contributed by atoms with Crippen LogP contribution in [0.25, 0.3) is 0 Å². The van der Waals surface area contributed by atoms with Gasteiger partial charge >= 0.3 is 0 Å². The Labute approximate surface area is 154 Å². The van der Waals surface area contributed by atoms with Crippen LogP contribution in [0.3, 0.4) is 0 Å². The van der Waals surface area contributed by atoms with E-state index in [4.69, 9.17) is 16.4 Å². The summed E-state index contributed by atoms with van der Waals surface area (Å²) in [6.45, 7) is -0.228. The highest BCUT2D eigenvalue weighted by Crippen LogP contribution is 2.37. The molecule has 0 aliphatic heterocycles. The van der Waals surface area contributed by atoms with Crippen LogP contribution in [0.1, 0.15) is 34.4 Å². The van der Waals surface area contributed by atoms with Gasteiger partial charge in [0.05, 0.1) is 11.8 Å². The number of nitriles is 1. The minimum atomic E-state index is -0.341. The van der Waals surface area contributed by atoms with E-state index in [-0.39, 0.29) is 12.5 Å². The van der Waals surface area contributed by atoms with Crippen molar-refractivity contribution in [3.05, 3.63) is 50.9 Å². The quantitative estimate of drug-likeness (QED) is 0.632. The normalized spacial score (nSPS) is 13.3. The number of anilines is 1. The van der Waals surface area contributed by atoms with E-state index < -0.39 is 0 Å². The molecular weight excluding hydrogens is 358 g/mol. The number of aryl methyl sites for hydroxylation is 1. The maximum atomic E-state index is 12.0. The zero-order valence-corrected chi connectivity index (χ0v) is 15.0. The Kier molecular flexibility index (Phi) is 5.69. The van der Waals surface area contributed by atoms with E-state index in [1.54, 1.807) is 12.1 Å². The second-order valence-corrected chi connectivity index (χ2v) is 7.12. The smallest absolute Gasteiger partial charge is 0.265 e. The lowest BCUT2D eigenvalue weighted by molar-refractivity contribution is -0.120. The van der Waals surface area contributed by atoms with Crippen LogP contribution in [-0.2, 0) is 22.5 Å². The molecule has 0 radical (unpaired) electrons. The minimum Gasteiger partial charge on any atom is -0.386 e. The number of carbonyl (C=O) groups excluding carboxylic acids is 1. The molecule has 0 saturated heterocycles. The summed E-state index contributed by atoms with van der Waals surface area (Å²) >= 11 is 7.49. The molecule has 1 aliphatic carbocycles. The summed E-state index contributed by atoms with van der Waals surface area (Å²) in [4.78, 5) is 18.3. The number of hydrogen-bond acceptors (Lipinski definition) is 5. The van der Waals surface area contributed by atoms with Gasteiger partial charge in [-0.2, -0.15) is 5.26 Å². The molecule has 0 unspecified atom stereocenters. The van der Waals surface area contributed by atoms with E-state index in [2.05, 4.69) is 16.5 Å². The second-order valence-electron chi connectivity index (χ2n) is 5.60. The summed E-state index contributed by atoms with van der Waals surface area (Å²) in [5.74, 6) is -0.341. The highest BCUT2D eigenvalue weighted by atomic mass is 35.5. The zero-order valence-electron chi connectivity index (χ0n) is 13.4. The molecular formula is C18H16ClN3O2S. The van der Waals surface area contributed by atoms with Gasteiger partial charge in [0.25, 0.3) is 5.91 Å². The van der Waals surface area contributed by atoms with Crippen LogP contribution in [0.5, 0.6) is 0 Å². The van der Waals surface area contributed by atoms with Crippen molar-refractivity contribution >= 4 is 40.1 Å². The second kappa shape index (κ2) is 8.15. The summed E-state index contributed by atoms with van der Waals surface area (Å²) in [5.41, 5.74) is 2.39. The van der Waals surface area contributed by atoms with Crippen molar-refractivity contribution in [2.75, 3.05) is 11.9 Å². The highest BCUT2D eigenvalue weighted by Gasteiger charge is 2.21. The first-order chi connectivity index (χ1) is 12.2. The average Bonchev–Trinajstić information content (AvgIpc) is 2.97. The first-order valence-electron chi connectivity index (χ1n) is 7.93. The number of hydrogen-bond donors (Lipinski definition) is 1. The molecule has 1 heterocycles. The lowest BCUT2D eigenvalue weighted by Crippen LogP contribution is -2.17. The Morgan fingerprint density at radius 1 is 1.40 bits per heavy atom. The van der Waals surface area contributed by atoms with Crippen molar-refractivity contribution in [2.24, 2.45) is 5.16 Å². The van der Waals surface area contributed by atoms with Crippen LogP contribution in [0.2, 0.25) is 5.02 Å². The zero-order chi connectivity index (χ0) is 17.6. The molecule has 5 nitrogen and oxygen atoms in total. The average molecular weight is 374 g/mol. The Bertz CT molecular complexity index is 854. The number of nitrogens with one attached hydrogen (secondary N) is 1. The van der Waals surface area contributed by atoms with E-state index >= 15 is 0 Å². The van der Waals surface area contributed by atoms with E-state index in [1.165, 1.54) is 22.4 Å². The van der Waals surface area contributed by atoms with Gasteiger partial charge < -0.3 is 10.2 Å². The number of halogens is 1. The fourth-order valence-electron chi connectivity index (χ4n) is 2.70. The standard InChI is InChI=1S/C18H16ClN3O2S/c19-15-7-3-1-5-12(15)10-21-24-11-17(23)22-18-14(9-20)13-6-2-4-8-16(13)25-18/h1,3,5,7,10H,2,4,6,8,11H2,(H,22,23). The van der Waals surface area contributed by atoms with Crippen molar-refractivity contribution < 1.29 is 9.63 Å². The van der Waals surface area contributed by atoms with Gasteiger partial charge in [-0.3, -0.25) is 4.79 Å². The van der Waals surface area contributed by atoms with Crippen LogP contribution in [0.15, 0.2) is 29.4 Å². The highest BCUT2D eigenvalue weighted by molar-refractivity contribution is 7.16. The lowest BCUT2D eigenvalue weighted by atomic mass is 9.96. The van der Waals surface area contributed by atoms with Crippen molar-refractivity contribution in [2.45, 2.75) is 25.7 Å². The Balaban J connectivity index is 1.57. The third kappa shape index (κ3) is 4.19. The molecule has 1 aliphatic rings. The predicted molar refractivity (Wildman–Crippen MR) is 99.3 cm³/mol. The van der Waals surface area contributed by atoms with Crippen LogP contribution in [-0.4, -0.2) is 18.7 Å². The Hall–Kier alpha value is -2.36. The molecule has 1 aromatic heterocycles. The van der Waals surface area contributed by atoms with Crippen molar-refractivity contribution in [1.82, 2.24) is 0 Å². The molecule has 0 atom stereocenters. The third-order valence-electron chi connectivity index (χ3n) is 3.90. The number of amides is 1. The molecule has 1 aromatic carbocycles. The Morgan fingerprint density at radius 2 is 2.20 bits per heavy atom. The molecule has 0 saturated carbocycles. The SMILES string of the molecule is N#Cc1c(NC(=O)CON=Cc2ccccc2Cl)sc2c1CCCC2. The molecule has 3 rings (SSSR count). The van der Waals surface area contributed by atoms with E-state index in [0.29, 0.717) is 21.2 Å². The van der Waals surface area contributed by atoms with Gasteiger partial charge in [-0.1, -0.05) is 35.0 Å². The molecule has 0 spiro atoms. The van der Waals surface area contributed by atoms with Gasteiger partial charge in [-0.05, 0) is 37.3 Å². The van der Waals surface area contributed by atoms with Gasteiger partial charge in [0, 0.05) is 15.5 Å². The maximum Gasteiger partial charge on any atom is 0.265 e. The third-order valence-corrected chi connectivity index (χ3v) is 5.45. The summed E-state index contributed by atoms with van der Waals surface area (Å²) < 4.78 is 0. The van der Waals surface area contributed by atoms with Crippen molar-refractivity contribution in [3.63, 3.8) is 0 Å². The molecule has 25 heavy (non-hydrogen) atoms. The molecule has 0 fully saturated rings. The van der Waals surface area contributed by atoms with Gasteiger partial charge in [0.15, 0.2) is 6.61 Å². The number of rotatable bonds is 5. The molecule has 128 valence electrons. The van der Waals surface area contributed by atoms with E-state index in [1.807, 2.05) is 12.1 Å². The van der Waals surface area contributed by atoms with Crippen LogP contribution in [0, 0.1) is 11.3 Å². The fraction of sp³-hybridized carbons (Fsp3) is 0.278. The number of fused-ring (bicyclic) bond motifs is 1. The van der Waals surface area contributed by atoms with Crippen LogP contribution >= 0.6 is 22.9 Å². The summed E-state index contributed by atoms with van der Waals surface area (Å²) in [5, 5.41) is 17.1. The van der Waals surface area contributed by atoms with Gasteiger partial charge in [0.2, 0.25) is 0 Å². The topological polar surface area (TPSA) is 74.5 Å². The van der Waals surface area contributed by atoms with Gasteiger partial charge in [0.1, 0.15) is 11.1 Å². The molecule has 7 heteroatoms. The minimum absolute atomic E-state index is 0.228. The summed E-state index contributed by atoms with van der Waals surface area (Å²) in [6, 6.07) is 9.41. The summed E-state index contributed by atoms with van der Waals surface area (Å²) in [6.07, 6.45) is 5.56. The van der Waals surface area contributed by atoms with Gasteiger partial charge in [-0.25, -0.2) is 0 Å². The molecule has 0 bridgehead atoms. The number of carbonyl (C=O) groups is 1. The maximum absolute atomic E-state index is 12.0. The lowest BCUT2D eigenvalue weighted by Gasteiger charge is -2.09.